The summed E-state index contributed by atoms with van der Waals surface area (Å²) in [6, 6.07) is 6.60. The molecule has 1 aromatic carbocycles. The zero-order valence-electron chi connectivity index (χ0n) is 9.75. The highest BCUT2D eigenvalue weighted by Gasteiger charge is 2.32. The molecule has 3 heteroatoms. The molecular formula is C13H19FN2. The lowest BCUT2D eigenvalue weighted by Crippen LogP contribution is -2.48. The van der Waals surface area contributed by atoms with Gasteiger partial charge in [-0.3, -0.25) is 0 Å². The molecule has 0 heterocycles. The molecule has 1 fully saturated rings. The Labute approximate surface area is 96.2 Å². The minimum Gasteiger partial charge on any atom is -0.375 e. The highest BCUT2D eigenvalue weighted by Crippen LogP contribution is 2.32. The molecule has 0 bridgehead atoms. The summed E-state index contributed by atoms with van der Waals surface area (Å²) in [6.07, 6.45) is 4.56. The van der Waals surface area contributed by atoms with Crippen LogP contribution >= 0.6 is 0 Å². The van der Waals surface area contributed by atoms with Gasteiger partial charge in [0.2, 0.25) is 0 Å². The molecule has 88 valence electrons. The molecule has 1 saturated carbocycles. The smallest absolute Gasteiger partial charge is 0.123 e. The molecule has 1 aromatic rings. The second kappa shape index (κ2) is 4.42. The molecular weight excluding hydrogens is 203 g/mol. The van der Waals surface area contributed by atoms with Gasteiger partial charge in [0.15, 0.2) is 0 Å². The van der Waals surface area contributed by atoms with Gasteiger partial charge in [0, 0.05) is 24.8 Å². The zero-order chi connectivity index (χ0) is 11.6. The van der Waals surface area contributed by atoms with Gasteiger partial charge in [-0.2, -0.15) is 0 Å². The second-order valence-electron chi connectivity index (χ2n) is 4.86. The van der Waals surface area contributed by atoms with Crippen LogP contribution in [0, 0.1) is 5.82 Å². The fourth-order valence-electron chi connectivity index (χ4n) is 2.10. The zero-order valence-corrected chi connectivity index (χ0v) is 9.75. The van der Waals surface area contributed by atoms with Gasteiger partial charge in [-0.1, -0.05) is 0 Å². The Morgan fingerprint density at radius 2 is 1.94 bits per heavy atom. The monoisotopic (exact) mass is 222 g/mol. The lowest BCUT2D eigenvalue weighted by Gasteiger charge is -2.39. The number of anilines is 1. The van der Waals surface area contributed by atoms with Crippen molar-refractivity contribution in [2.75, 3.05) is 18.5 Å². The number of nitrogens with zero attached hydrogens (tertiary/aromatic N) is 1. The van der Waals surface area contributed by atoms with E-state index in [-0.39, 0.29) is 11.4 Å². The molecule has 0 radical (unpaired) electrons. The third-order valence-electron chi connectivity index (χ3n) is 3.56. The van der Waals surface area contributed by atoms with Gasteiger partial charge in [0.05, 0.1) is 0 Å². The van der Waals surface area contributed by atoms with Crippen molar-refractivity contribution in [3.05, 3.63) is 30.1 Å². The van der Waals surface area contributed by atoms with Gasteiger partial charge >= 0.3 is 0 Å². The van der Waals surface area contributed by atoms with E-state index in [0.29, 0.717) is 0 Å². The van der Waals surface area contributed by atoms with E-state index in [1.54, 1.807) is 12.1 Å². The van der Waals surface area contributed by atoms with Crippen molar-refractivity contribution in [1.29, 1.82) is 0 Å². The van der Waals surface area contributed by atoms with Gasteiger partial charge < -0.3 is 10.6 Å². The van der Waals surface area contributed by atoms with Crippen LogP contribution in [0.25, 0.3) is 0 Å². The maximum absolute atomic E-state index is 12.8. The first-order chi connectivity index (χ1) is 7.59. The fourth-order valence-corrected chi connectivity index (χ4v) is 2.10. The van der Waals surface area contributed by atoms with Crippen LogP contribution in [0.5, 0.6) is 0 Å². The molecule has 0 amide bonds. The number of hydrogen-bond donors (Lipinski definition) is 1. The number of nitrogens with two attached hydrogens (primary N) is 1. The largest absolute Gasteiger partial charge is 0.375 e. The Balaban J connectivity index is 1.87. The summed E-state index contributed by atoms with van der Waals surface area (Å²) in [4.78, 5) is 2.13. The van der Waals surface area contributed by atoms with E-state index >= 15 is 0 Å². The Hall–Kier alpha value is -1.09. The molecule has 16 heavy (non-hydrogen) atoms. The molecule has 2 N–H and O–H groups in total. The van der Waals surface area contributed by atoms with Crippen LogP contribution in [0.2, 0.25) is 0 Å². The van der Waals surface area contributed by atoms with Crippen molar-refractivity contribution in [2.24, 2.45) is 5.73 Å². The topological polar surface area (TPSA) is 29.3 Å². The van der Waals surface area contributed by atoms with Crippen LogP contribution in [0.1, 0.15) is 25.7 Å². The highest BCUT2D eigenvalue weighted by atomic mass is 19.1. The van der Waals surface area contributed by atoms with Crippen molar-refractivity contribution >= 4 is 5.69 Å². The van der Waals surface area contributed by atoms with Gasteiger partial charge in [-0.05, 0) is 49.9 Å². The summed E-state index contributed by atoms with van der Waals surface area (Å²) in [7, 11) is 2.02. The SMILES string of the molecule is CN(CCC1(N)CCC1)c1ccc(F)cc1. The summed E-state index contributed by atoms with van der Waals surface area (Å²) in [5.41, 5.74) is 7.28. The lowest BCUT2D eigenvalue weighted by atomic mass is 9.75. The maximum Gasteiger partial charge on any atom is 0.123 e. The normalized spacial score (nSPS) is 17.9. The first kappa shape index (κ1) is 11.4. The van der Waals surface area contributed by atoms with E-state index in [4.69, 9.17) is 5.73 Å². The van der Waals surface area contributed by atoms with Gasteiger partial charge in [0.1, 0.15) is 5.82 Å². The molecule has 0 aliphatic heterocycles. The Morgan fingerprint density at radius 3 is 2.44 bits per heavy atom. The number of hydrogen-bond acceptors (Lipinski definition) is 2. The van der Waals surface area contributed by atoms with Crippen LogP contribution in [0.15, 0.2) is 24.3 Å². The summed E-state index contributed by atoms with van der Waals surface area (Å²) in [5.74, 6) is -0.188. The minimum atomic E-state index is -0.188. The van der Waals surface area contributed by atoms with Crippen molar-refractivity contribution in [3.63, 3.8) is 0 Å². The molecule has 1 aliphatic rings. The lowest BCUT2D eigenvalue weighted by molar-refractivity contribution is 0.234. The molecule has 1 aliphatic carbocycles. The van der Waals surface area contributed by atoms with E-state index < -0.39 is 0 Å². The third-order valence-corrected chi connectivity index (χ3v) is 3.56. The molecule has 0 unspecified atom stereocenters. The van der Waals surface area contributed by atoms with Gasteiger partial charge in [-0.25, -0.2) is 4.39 Å². The summed E-state index contributed by atoms with van der Waals surface area (Å²) < 4.78 is 12.8. The van der Waals surface area contributed by atoms with Crippen molar-refractivity contribution < 1.29 is 4.39 Å². The number of rotatable bonds is 4. The fraction of sp³-hybridized carbons (Fsp3) is 0.538. The average Bonchev–Trinajstić information content (AvgIpc) is 2.24. The molecule has 0 atom stereocenters. The standard InChI is InChI=1S/C13H19FN2/c1-16(10-9-13(15)7-2-8-13)12-5-3-11(14)4-6-12/h3-6H,2,7-10,15H2,1H3. The van der Waals surface area contributed by atoms with Crippen LogP contribution < -0.4 is 10.6 Å². The average molecular weight is 222 g/mol. The second-order valence-corrected chi connectivity index (χ2v) is 4.86. The van der Waals surface area contributed by atoms with Gasteiger partial charge in [-0.15, -0.1) is 0 Å². The molecule has 2 nitrogen and oxygen atoms in total. The molecule has 0 saturated heterocycles. The highest BCUT2D eigenvalue weighted by molar-refractivity contribution is 5.45. The summed E-state index contributed by atoms with van der Waals surface area (Å²) in [6.45, 7) is 0.933. The van der Waals surface area contributed by atoms with Crippen LogP contribution in [0.3, 0.4) is 0 Å². The van der Waals surface area contributed by atoms with Crippen molar-refractivity contribution in [1.82, 2.24) is 0 Å². The van der Waals surface area contributed by atoms with Crippen LogP contribution in [-0.2, 0) is 0 Å². The number of halogens is 1. The summed E-state index contributed by atoms with van der Waals surface area (Å²) in [5, 5.41) is 0. The van der Waals surface area contributed by atoms with E-state index in [2.05, 4.69) is 4.90 Å². The number of benzene rings is 1. The molecule has 0 aromatic heterocycles. The quantitative estimate of drug-likeness (QED) is 0.848. The Kier molecular flexibility index (Phi) is 3.15. The van der Waals surface area contributed by atoms with E-state index in [9.17, 15) is 4.39 Å². The minimum absolute atomic E-state index is 0.0638. The summed E-state index contributed by atoms with van der Waals surface area (Å²) >= 11 is 0. The predicted octanol–water partition coefficient (Wildman–Crippen LogP) is 2.53. The third kappa shape index (κ3) is 2.53. The van der Waals surface area contributed by atoms with Crippen molar-refractivity contribution in [3.8, 4) is 0 Å². The first-order valence-electron chi connectivity index (χ1n) is 5.85. The Bertz CT molecular complexity index is 343. The van der Waals surface area contributed by atoms with Crippen LogP contribution in [0.4, 0.5) is 10.1 Å². The van der Waals surface area contributed by atoms with E-state index in [1.807, 2.05) is 7.05 Å². The maximum atomic E-state index is 12.8. The van der Waals surface area contributed by atoms with E-state index in [0.717, 1.165) is 31.5 Å². The first-order valence-corrected chi connectivity index (χ1v) is 5.85. The van der Waals surface area contributed by atoms with E-state index in [1.165, 1.54) is 18.6 Å². The van der Waals surface area contributed by atoms with Crippen molar-refractivity contribution in [2.45, 2.75) is 31.2 Å². The van der Waals surface area contributed by atoms with Gasteiger partial charge in [0.25, 0.3) is 0 Å². The Morgan fingerprint density at radius 1 is 1.31 bits per heavy atom. The molecule has 0 spiro atoms. The van der Waals surface area contributed by atoms with Crippen LogP contribution in [-0.4, -0.2) is 19.1 Å². The predicted molar refractivity (Wildman–Crippen MR) is 65.1 cm³/mol. The molecule has 2 rings (SSSR count).